The van der Waals surface area contributed by atoms with Crippen LogP contribution in [0, 0.1) is 0 Å². The van der Waals surface area contributed by atoms with Crippen molar-refractivity contribution in [2.75, 3.05) is 0 Å². The molecule has 0 saturated heterocycles. The van der Waals surface area contributed by atoms with Crippen molar-refractivity contribution in [3.05, 3.63) is 244 Å². The van der Waals surface area contributed by atoms with Crippen molar-refractivity contribution in [1.82, 2.24) is 39.9 Å². The summed E-state index contributed by atoms with van der Waals surface area (Å²) in [5.74, 6) is 0. The molecular weight excluding hydrogens is 881 g/mol. The Hall–Kier alpha value is -9.92. The zero-order chi connectivity index (χ0) is 47.8. The molecule has 6 heterocycles. The molecule has 0 unspecified atom stereocenters. The lowest BCUT2D eigenvalue weighted by molar-refractivity contribution is 1.17. The van der Waals surface area contributed by atoms with Crippen molar-refractivity contribution in [3.8, 4) is 135 Å². The summed E-state index contributed by atoms with van der Waals surface area (Å²) in [6, 6.07) is 66.7. The molecule has 8 heteroatoms. The first-order valence-electron chi connectivity index (χ1n) is 23.8. The summed E-state index contributed by atoms with van der Waals surface area (Å²) >= 11 is 0. The van der Waals surface area contributed by atoms with Gasteiger partial charge in [0.1, 0.15) is 0 Å². The number of aromatic nitrogens is 8. The first kappa shape index (κ1) is 42.2. The largest absolute Gasteiger partial charge is 0.256 e. The molecule has 6 aromatic carbocycles. The quantitative estimate of drug-likeness (QED) is 0.148. The number of hydrogen-bond acceptors (Lipinski definition) is 8. The zero-order valence-electron chi connectivity index (χ0n) is 38.7. The molecule has 0 aliphatic heterocycles. The van der Waals surface area contributed by atoms with E-state index in [1.807, 2.05) is 97.6 Å². The minimum Gasteiger partial charge on any atom is -0.256 e. The van der Waals surface area contributed by atoms with E-state index < -0.39 is 0 Å². The molecule has 1 aliphatic carbocycles. The molecule has 12 aromatic rings. The standard InChI is InChI=1S/C64H40N8/c1-5-21-41(22-6-1)49-50(42-23-7-2-8-24-42)52(44-27-11-4-12-28-44)58-57(51(49)43-25-9-3-10-26-43)61-63(71-39-37-69-61)59-55(47-31-15-19-35-67-47)53(45-29-13-17-33-65-45)54(46-30-14-18-34-66-46)56(48-32-16-20-36-68-48)60(59)64-62(58)70-38-40-72-64/h1-40H. The average Bonchev–Trinajstić information content (AvgIpc) is 3.47. The third kappa shape index (κ3) is 7.08. The monoisotopic (exact) mass is 920 g/mol. The van der Waals surface area contributed by atoms with Crippen LogP contribution in [0.4, 0.5) is 0 Å². The fourth-order valence-electron chi connectivity index (χ4n) is 10.5. The Labute approximate surface area is 416 Å². The molecule has 1 aliphatic rings. The van der Waals surface area contributed by atoms with Crippen LogP contribution in [0.5, 0.6) is 0 Å². The van der Waals surface area contributed by atoms with Crippen LogP contribution in [0.25, 0.3) is 135 Å². The minimum atomic E-state index is 0.635. The molecule has 0 radical (unpaired) electrons. The van der Waals surface area contributed by atoms with E-state index >= 15 is 0 Å². The molecule has 0 amide bonds. The number of rotatable bonds is 8. The maximum absolute atomic E-state index is 5.54. The van der Waals surface area contributed by atoms with Gasteiger partial charge in [-0.3, -0.25) is 39.9 Å². The second-order valence-electron chi connectivity index (χ2n) is 17.3. The van der Waals surface area contributed by atoms with E-state index in [1.54, 1.807) is 24.8 Å². The van der Waals surface area contributed by atoms with E-state index in [-0.39, 0.29) is 0 Å². The second kappa shape index (κ2) is 18.2. The van der Waals surface area contributed by atoms with Gasteiger partial charge < -0.3 is 0 Å². The molecule has 72 heavy (non-hydrogen) atoms. The van der Waals surface area contributed by atoms with E-state index in [0.29, 0.717) is 34.2 Å². The molecule has 0 bridgehead atoms. The smallest absolute Gasteiger partial charge is 0.0979 e. The lowest BCUT2D eigenvalue weighted by atomic mass is 9.72. The Morgan fingerprint density at radius 1 is 0.153 bits per heavy atom. The summed E-state index contributed by atoms with van der Waals surface area (Å²) in [7, 11) is 0. The maximum atomic E-state index is 5.54. The highest BCUT2D eigenvalue weighted by Gasteiger charge is 2.39. The predicted molar refractivity (Wildman–Crippen MR) is 288 cm³/mol. The van der Waals surface area contributed by atoms with Gasteiger partial charge >= 0.3 is 0 Å². The highest BCUT2D eigenvalue weighted by Crippen LogP contribution is 2.62. The molecule has 0 fully saturated rings. The molecule has 6 aromatic heterocycles. The average molecular weight is 921 g/mol. The topological polar surface area (TPSA) is 103 Å². The molecule has 336 valence electrons. The molecule has 0 atom stereocenters. The Morgan fingerprint density at radius 2 is 0.361 bits per heavy atom. The summed E-state index contributed by atoms with van der Waals surface area (Å²) in [5.41, 5.74) is 20.1. The van der Waals surface area contributed by atoms with Gasteiger partial charge in [0, 0.05) is 105 Å². The highest BCUT2D eigenvalue weighted by atomic mass is 14.8. The van der Waals surface area contributed by atoms with Crippen molar-refractivity contribution in [2.24, 2.45) is 0 Å². The van der Waals surface area contributed by atoms with Crippen LogP contribution >= 0.6 is 0 Å². The van der Waals surface area contributed by atoms with Gasteiger partial charge in [-0.25, -0.2) is 0 Å². The zero-order valence-corrected chi connectivity index (χ0v) is 38.7. The molecule has 0 N–H and O–H groups in total. The molecular formula is C64H40N8. The molecule has 0 spiro atoms. The summed E-state index contributed by atoms with van der Waals surface area (Å²) in [6.45, 7) is 0. The Balaban J connectivity index is 1.36. The third-order valence-electron chi connectivity index (χ3n) is 13.3. The third-order valence-corrected chi connectivity index (χ3v) is 13.3. The van der Waals surface area contributed by atoms with Crippen molar-refractivity contribution < 1.29 is 0 Å². The first-order valence-corrected chi connectivity index (χ1v) is 23.8. The number of benzene rings is 6. The second-order valence-corrected chi connectivity index (χ2v) is 17.3. The minimum absolute atomic E-state index is 0.635. The van der Waals surface area contributed by atoms with Crippen LogP contribution in [0.1, 0.15) is 0 Å². The van der Waals surface area contributed by atoms with Gasteiger partial charge in [-0.05, 0) is 81.9 Å². The van der Waals surface area contributed by atoms with Gasteiger partial charge in [0.05, 0.1) is 45.6 Å². The van der Waals surface area contributed by atoms with Crippen LogP contribution in [-0.4, -0.2) is 39.9 Å². The van der Waals surface area contributed by atoms with E-state index in [4.69, 9.17) is 39.9 Å². The van der Waals surface area contributed by atoms with Crippen molar-refractivity contribution >= 4 is 0 Å². The predicted octanol–water partition coefficient (Wildman–Crippen LogP) is 15.2. The van der Waals surface area contributed by atoms with Crippen LogP contribution in [-0.2, 0) is 0 Å². The van der Waals surface area contributed by atoms with E-state index in [0.717, 1.165) is 100 Å². The Kier molecular flexibility index (Phi) is 10.7. The van der Waals surface area contributed by atoms with Crippen molar-refractivity contribution in [3.63, 3.8) is 0 Å². The lowest BCUT2D eigenvalue weighted by Crippen LogP contribution is -2.11. The fraction of sp³-hybridized carbons (Fsp3) is 0. The van der Waals surface area contributed by atoms with Gasteiger partial charge in [-0.15, -0.1) is 0 Å². The number of fused-ring (bicyclic) bond motifs is 8. The molecule has 0 saturated carbocycles. The van der Waals surface area contributed by atoms with E-state index in [1.165, 1.54) is 0 Å². The van der Waals surface area contributed by atoms with Gasteiger partial charge in [-0.2, -0.15) is 0 Å². The van der Waals surface area contributed by atoms with Crippen molar-refractivity contribution in [1.29, 1.82) is 0 Å². The highest BCUT2D eigenvalue weighted by molar-refractivity contribution is 6.21. The normalized spacial score (nSPS) is 11.3. The maximum Gasteiger partial charge on any atom is 0.0979 e. The summed E-state index contributed by atoms with van der Waals surface area (Å²) in [6.07, 6.45) is 14.5. The lowest BCUT2D eigenvalue weighted by Gasteiger charge is -2.32. The number of nitrogens with zero attached hydrogens (tertiary/aromatic N) is 8. The van der Waals surface area contributed by atoms with Crippen LogP contribution in [0.3, 0.4) is 0 Å². The van der Waals surface area contributed by atoms with Crippen LogP contribution < -0.4 is 0 Å². The summed E-state index contributed by atoms with van der Waals surface area (Å²) < 4.78 is 0. The van der Waals surface area contributed by atoms with Gasteiger partial charge in [-0.1, -0.05) is 146 Å². The van der Waals surface area contributed by atoms with Crippen LogP contribution in [0.2, 0.25) is 0 Å². The molecule has 13 rings (SSSR count). The Bertz CT molecular complexity index is 3400. The number of hydrogen-bond donors (Lipinski definition) is 0. The SMILES string of the molecule is c1ccc(-c2c(-c3ccccc3)c(-c3ccccc3)c3c(c2-c2ccccc2)-c2nccnc2-c2c(-c4ccccn4)c(-c4ccccn4)c(-c4ccccn4)c(-c4ccccn4)c2-c2nccnc2-3)cc1. The molecule has 8 nitrogen and oxygen atoms in total. The van der Waals surface area contributed by atoms with Crippen LogP contribution in [0.15, 0.2) is 244 Å². The Morgan fingerprint density at radius 3 is 0.597 bits per heavy atom. The van der Waals surface area contributed by atoms with E-state index in [9.17, 15) is 0 Å². The van der Waals surface area contributed by atoms with Gasteiger partial charge in [0.25, 0.3) is 0 Å². The first-order chi connectivity index (χ1) is 35.8. The van der Waals surface area contributed by atoms with E-state index in [2.05, 4.69) is 121 Å². The fourth-order valence-corrected chi connectivity index (χ4v) is 10.5. The van der Waals surface area contributed by atoms with Gasteiger partial charge in [0.2, 0.25) is 0 Å². The summed E-state index contributed by atoms with van der Waals surface area (Å²) in [5, 5.41) is 0. The van der Waals surface area contributed by atoms with Gasteiger partial charge in [0.15, 0.2) is 0 Å². The summed E-state index contributed by atoms with van der Waals surface area (Å²) in [4.78, 5) is 42.7. The van der Waals surface area contributed by atoms with Crippen molar-refractivity contribution in [2.45, 2.75) is 0 Å². The number of pyridine rings is 4.